The number of halogens is 3. The van der Waals surface area contributed by atoms with Gasteiger partial charge in [0.15, 0.2) is 5.65 Å². The molecule has 0 spiro atoms. The molecule has 10 heteroatoms. The molecule has 0 saturated carbocycles. The number of nitrogens with zero attached hydrogens (tertiary/aromatic N) is 4. The molecule has 0 aliphatic rings. The lowest BCUT2D eigenvalue weighted by Crippen LogP contribution is -2.28. The summed E-state index contributed by atoms with van der Waals surface area (Å²) < 4.78 is 43.2. The second-order valence-electron chi connectivity index (χ2n) is 6.75. The SMILES string of the molecule is O=C(NCCn1ncc2c(=O)n(Cc3ccccc3F)cnc21)c1ccc(F)cc1F. The summed E-state index contributed by atoms with van der Waals surface area (Å²) in [6.45, 7) is 0.271. The van der Waals surface area contributed by atoms with Crippen molar-refractivity contribution in [2.45, 2.75) is 13.1 Å². The molecule has 0 radical (unpaired) electrons. The Hall–Kier alpha value is -3.95. The molecule has 2 heterocycles. The number of hydrogen-bond donors (Lipinski definition) is 1. The largest absolute Gasteiger partial charge is 0.350 e. The van der Waals surface area contributed by atoms with Gasteiger partial charge in [-0.05, 0) is 18.2 Å². The number of nitrogens with one attached hydrogen (secondary N) is 1. The van der Waals surface area contributed by atoms with Crippen molar-refractivity contribution in [3.63, 3.8) is 0 Å². The van der Waals surface area contributed by atoms with E-state index in [0.29, 0.717) is 17.3 Å². The third-order valence-electron chi connectivity index (χ3n) is 4.71. The molecule has 0 saturated heterocycles. The van der Waals surface area contributed by atoms with Crippen LogP contribution in [0.3, 0.4) is 0 Å². The maximum atomic E-state index is 13.9. The molecule has 4 rings (SSSR count). The first-order chi connectivity index (χ1) is 14.9. The molecule has 4 aromatic rings. The average Bonchev–Trinajstić information content (AvgIpc) is 3.15. The first-order valence-corrected chi connectivity index (χ1v) is 9.31. The van der Waals surface area contributed by atoms with Crippen LogP contribution in [0.5, 0.6) is 0 Å². The van der Waals surface area contributed by atoms with E-state index in [0.717, 1.165) is 12.1 Å². The molecule has 31 heavy (non-hydrogen) atoms. The minimum atomic E-state index is -0.959. The quantitative estimate of drug-likeness (QED) is 0.513. The summed E-state index contributed by atoms with van der Waals surface area (Å²) in [5, 5.41) is 6.87. The number of fused-ring (bicyclic) bond motifs is 1. The van der Waals surface area contributed by atoms with E-state index in [1.54, 1.807) is 18.2 Å². The molecule has 2 aromatic heterocycles. The lowest BCUT2D eigenvalue weighted by Gasteiger charge is -2.08. The van der Waals surface area contributed by atoms with Gasteiger partial charge in [0, 0.05) is 18.2 Å². The van der Waals surface area contributed by atoms with Crippen LogP contribution in [0.4, 0.5) is 13.2 Å². The van der Waals surface area contributed by atoms with Gasteiger partial charge in [0.2, 0.25) is 0 Å². The van der Waals surface area contributed by atoms with Crippen molar-refractivity contribution in [2.24, 2.45) is 0 Å². The molecule has 1 amide bonds. The van der Waals surface area contributed by atoms with Crippen molar-refractivity contribution < 1.29 is 18.0 Å². The highest BCUT2D eigenvalue weighted by Crippen LogP contribution is 2.11. The van der Waals surface area contributed by atoms with Crippen LogP contribution in [-0.2, 0) is 13.1 Å². The molecule has 0 fully saturated rings. The van der Waals surface area contributed by atoms with Crippen molar-refractivity contribution in [1.29, 1.82) is 0 Å². The monoisotopic (exact) mass is 427 g/mol. The van der Waals surface area contributed by atoms with Gasteiger partial charge >= 0.3 is 0 Å². The van der Waals surface area contributed by atoms with Crippen LogP contribution in [0.1, 0.15) is 15.9 Å². The Morgan fingerprint density at radius 1 is 1.06 bits per heavy atom. The highest BCUT2D eigenvalue weighted by Gasteiger charge is 2.14. The fourth-order valence-electron chi connectivity index (χ4n) is 3.13. The summed E-state index contributed by atoms with van der Waals surface area (Å²) in [7, 11) is 0. The van der Waals surface area contributed by atoms with Crippen molar-refractivity contribution in [3.05, 3.63) is 93.9 Å². The van der Waals surface area contributed by atoms with Crippen LogP contribution in [-0.4, -0.2) is 31.8 Å². The van der Waals surface area contributed by atoms with Crippen molar-refractivity contribution >= 4 is 16.9 Å². The maximum absolute atomic E-state index is 13.9. The Balaban J connectivity index is 1.47. The summed E-state index contributed by atoms with van der Waals surface area (Å²) in [4.78, 5) is 29.0. The molecule has 1 N–H and O–H groups in total. The summed E-state index contributed by atoms with van der Waals surface area (Å²) >= 11 is 0. The van der Waals surface area contributed by atoms with E-state index in [-0.39, 0.29) is 36.1 Å². The molecule has 158 valence electrons. The first-order valence-electron chi connectivity index (χ1n) is 9.31. The Kier molecular flexibility index (Phi) is 5.52. The highest BCUT2D eigenvalue weighted by molar-refractivity contribution is 5.94. The zero-order valence-corrected chi connectivity index (χ0v) is 16.1. The zero-order chi connectivity index (χ0) is 22.0. The van der Waals surface area contributed by atoms with Gasteiger partial charge in [-0.15, -0.1) is 0 Å². The van der Waals surface area contributed by atoms with Crippen molar-refractivity contribution in [2.75, 3.05) is 6.54 Å². The zero-order valence-electron chi connectivity index (χ0n) is 16.1. The minimum Gasteiger partial charge on any atom is -0.350 e. The van der Waals surface area contributed by atoms with Gasteiger partial charge in [0.25, 0.3) is 11.5 Å². The molecule has 2 aromatic carbocycles. The van der Waals surface area contributed by atoms with E-state index >= 15 is 0 Å². The standard InChI is InChI=1S/C21H16F3N5O2/c22-14-5-6-15(18(24)9-14)20(30)25-7-8-29-19-16(10-27-29)21(31)28(12-26-19)11-13-3-1-2-4-17(13)23/h1-6,9-10,12H,7-8,11H2,(H,25,30). The van der Waals surface area contributed by atoms with Gasteiger partial charge in [-0.2, -0.15) is 5.10 Å². The predicted octanol–water partition coefficient (Wildman–Crippen LogP) is 2.49. The third kappa shape index (κ3) is 4.18. The number of benzene rings is 2. The fraction of sp³-hybridized carbons (Fsp3) is 0.143. The Labute approximate surface area is 173 Å². The number of amides is 1. The number of rotatable bonds is 6. The number of aromatic nitrogens is 4. The van der Waals surface area contributed by atoms with Crippen LogP contribution in [0.25, 0.3) is 11.0 Å². The van der Waals surface area contributed by atoms with Gasteiger partial charge in [-0.25, -0.2) is 22.8 Å². The molecule has 7 nitrogen and oxygen atoms in total. The summed E-state index contributed by atoms with van der Waals surface area (Å²) in [5.41, 5.74) is 0.00340. The Bertz CT molecular complexity index is 1330. The minimum absolute atomic E-state index is 0.0267. The van der Waals surface area contributed by atoms with Crippen LogP contribution in [0.15, 0.2) is 59.8 Å². The van der Waals surface area contributed by atoms with E-state index < -0.39 is 23.4 Å². The van der Waals surface area contributed by atoms with Crippen LogP contribution < -0.4 is 10.9 Å². The second kappa shape index (κ2) is 8.42. The number of carbonyl (C=O) groups is 1. The van der Waals surface area contributed by atoms with Gasteiger partial charge in [0.05, 0.1) is 24.8 Å². The van der Waals surface area contributed by atoms with E-state index in [4.69, 9.17) is 0 Å². The van der Waals surface area contributed by atoms with Crippen molar-refractivity contribution in [3.8, 4) is 0 Å². The third-order valence-corrected chi connectivity index (χ3v) is 4.71. The molecule has 0 unspecified atom stereocenters. The summed E-state index contributed by atoms with van der Waals surface area (Å²) in [6, 6.07) is 8.83. The molecule has 0 bridgehead atoms. The molecule has 0 aliphatic heterocycles. The summed E-state index contributed by atoms with van der Waals surface area (Å²) in [6.07, 6.45) is 2.66. The van der Waals surface area contributed by atoms with Gasteiger partial charge < -0.3 is 5.32 Å². The molecule has 0 atom stereocenters. The fourth-order valence-corrected chi connectivity index (χ4v) is 3.13. The Morgan fingerprint density at radius 3 is 2.65 bits per heavy atom. The molecular weight excluding hydrogens is 411 g/mol. The average molecular weight is 427 g/mol. The second-order valence-corrected chi connectivity index (χ2v) is 6.75. The van der Waals surface area contributed by atoms with Crippen LogP contribution in [0, 0.1) is 17.5 Å². The number of hydrogen-bond acceptors (Lipinski definition) is 4. The van der Waals surface area contributed by atoms with Gasteiger partial charge in [0.1, 0.15) is 29.2 Å². The lowest BCUT2D eigenvalue weighted by molar-refractivity contribution is 0.0948. The van der Waals surface area contributed by atoms with Gasteiger partial charge in [-0.1, -0.05) is 18.2 Å². The maximum Gasteiger partial charge on any atom is 0.264 e. The van der Waals surface area contributed by atoms with E-state index in [1.807, 2.05) is 0 Å². The lowest BCUT2D eigenvalue weighted by atomic mass is 10.2. The first kappa shape index (κ1) is 20.3. The number of carbonyl (C=O) groups excluding carboxylic acids is 1. The van der Waals surface area contributed by atoms with Crippen molar-refractivity contribution in [1.82, 2.24) is 24.6 Å². The van der Waals surface area contributed by atoms with Gasteiger partial charge in [-0.3, -0.25) is 14.2 Å². The predicted molar refractivity (Wildman–Crippen MR) is 106 cm³/mol. The topological polar surface area (TPSA) is 81.8 Å². The molecular formula is C21H16F3N5O2. The van der Waals surface area contributed by atoms with Crippen LogP contribution in [0.2, 0.25) is 0 Å². The van der Waals surface area contributed by atoms with E-state index in [9.17, 15) is 22.8 Å². The normalized spacial score (nSPS) is 11.1. The summed E-state index contributed by atoms with van der Waals surface area (Å²) in [5.74, 6) is -2.85. The highest BCUT2D eigenvalue weighted by atomic mass is 19.1. The Morgan fingerprint density at radius 2 is 1.87 bits per heavy atom. The van der Waals surface area contributed by atoms with E-state index in [1.165, 1.54) is 27.8 Å². The van der Waals surface area contributed by atoms with E-state index in [2.05, 4.69) is 15.4 Å². The smallest absolute Gasteiger partial charge is 0.264 e. The van der Waals surface area contributed by atoms with Crippen LogP contribution >= 0.6 is 0 Å². The molecule has 0 aliphatic carbocycles.